The van der Waals surface area contributed by atoms with Crippen LogP contribution in [0.25, 0.3) is 0 Å². The molecule has 0 amide bonds. The molecule has 1 rings (SSSR count). The molecular weight excluding hydrogens is 264 g/mol. The lowest BCUT2D eigenvalue weighted by atomic mass is 10.3. The Balaban J connectivity index is 3.29. The molecule has 0 saturated carbocycles. The van der Waals surface area contributed by atoms with E-state index < -0.39 is 15.8 Å². The van der Waals surface area contributed by atoms with Crippen LogP contribution in [0.3, 0.4) is 0 Å². The van der Waals surface area contributed by atoms with E-state index in [9.17, 15) is 12.8 Å². The lowest BCUT2D eigenvalue weighted by Crippen LogP contribution is -2.23. The van der Waals surface area contributed by atoms with Gasteiger partial charge in [0, 0.05) is 6.54 Å². The Morgan fingerprint density at radius 3 is 2.20 bits per heavy atom. The highest BCUT2D eigenvalue weighted by Crippen LogP contribution is 2.26. The SMILES string of the molecule is CCNS(=O)(=O)c1cc(Cl)c(F)c(Cl)c1. The highest BCUT2D eigenvalue weighted by molar-refractivity contribution is 7.89. The lowest BCUT2D eigenvalue weighted by molar-refractivity contribution is 0.583. The first-order chi connectivity index (χ1) is 6.88. The molecule has 0 aliphatic heterocycles. The predicted octanol–water partition coefficient (Wildman–Crippen LogP) is 2.43. The predicted molar refractivity (Wildman–Crippen MR) is 57.3 cm³/mol. The fourth-order valence-electron chi connectivity index (χ4n) is 0.961. The van der Waals surface area contributed by atoms with Gasteiger partial charge in [0.15, 0.2) is 5.82 Å². The first kappa shape index (κ1) is 12.7. The maximum Gasteiger partial charge on any atom is 0.240 e. The van der Waals surface area contributed by atoms with E-state index in [-0.39, 0.29) is 21.5 Å². The molecule has 0 aliphatic rings. The number of sulfonamides is 1. The van der Waals surface area contributed by atoms with Crippen LogP contribution >= 0.6 is 23.2 Å². The van der Waals surface area contributed by atoms with Crippen LogP contribution in [0.1, 0.15) is 6.92 Å². The minimum absolute atomic E-state index is 0.152. The van der Waals surface area contributed by atoms with Crippen molar-refractivity contribution in [3.63, 3.8) is 0 Å². The van der Waals surface area contributed by atoms with Crippen LogP contribution in [0.15, 0.2) is 17.0 Å². The molecule has 0 saturated heterocycles. The highest BCUT2D eigenvalue weighted by Gasteiger charge is 2.17. The fourth-order valence-corrected chi connectivity index (χ4v) is 2.67. The molecule has 0 bridgehead atoms. The van der Waals surface area contributed by atoms with Gasteiger partial charge in [-0.15, -0.1) is 0 Å². The summed E-state index contributed by atoms with van der Waals surface area (Å²) in [5, 5.41) is -0.641. The molecule has 1 aromatic rings. The summed E-state index contributed by atoms with van der Waals surface area (Å²) in [5.74, 6) is -0.825. The van der Waals surface area contributed by atoms with E-state index in [2.05, 4.69) is 4.72 Å². The lowest BCUT2D eigenvalue weighted by Gasteiger charge is -2.06. The first-order valence-electron chi connectivity index (χ1n) is 4.02. The summed E-state index contributed by atoms with van der Waals surface area (Å²) in [6, 6.07) is 2.03. The van der Waals surface area contributed by atoms with Crippen LogP contribution in [-0.2, 0) is 10.0 Å². The normalized spacial score (nSPS) is 11.7. The molecule has 0 radical (unpaired) electrons. The van der Waals surface area contributed by atoms with Gasteiger partial charge in [-0.3, -0.25) is 0 Å². The van der Waals surface area contributed by atoms with Crippen molar-refractivity contribution in [2.75, 3.05) is 6.54 Å². The van der Waals surface area contributed by atoms with Crippen LogP contribution in [0.5, 0.6) is 0 Å². The van der Waals surface area contributed by atoms with Gasteiger partial charge in [-0.05, 0) is 12.1 Å². The molecule has 0 fully saturated rings. The van der Waals surface area contributed by atoms with Crippen LogP contribution in [0.2, 0.25) is 10.0 Å². The largest absolute Gasteiger partial charge is 0.240 e. The van der Waals surface area contributed by atoms with Crippen LogP contribution in [0, 0.1) is 5.82 Å². The van der Waals surface area contributed by atoms with Crippen molar-refractivity contribution in [1.82, 2.24) is 4.72 Å². The highest BCUT2D eigenvalue weighted by atomic mass is 35.5. The third kappa shape index (κ3) is 2.81. The Bertz CT molecular complexity index is 453. The Hall–Kier alpha value is -0.360. The summed E-state index contributed by atoms with van der Waals surface area (Å²) < 4.78 is 38.2. The molecule has 0 atom stereocenters. The number of rotatable bonds is 3. The molecular formula is C8H8Cl2FNO2S. The molecule has 1 aromatic carbocycles. The van der Waals surface area contributed by atoms with Crippen molar-refractivity contribution < 1.29 is 12.8 Å². The van der Waals surface area contributed by atoms with Gasteiger partial charge in [0.05, 0.1) is 14.9 Å². The first-order valence-corrected chi connectivity index (χ1v) is 6.26. The smallest absolute Gasteiger partial charge is 0.211 e. The topological polar surface area (TPSA) is 46.2 Å². The molecule has 0 aliphatic carbocycles. The van der Waals surface area contributed by atoms with Crippen molar-refractivity contribution in [3.8, 4) is 0 Å². The third-order valence-electron chi connectivity index (χ3n) is 1.60. The van der Waals surface area contributed by atoms with Crippen molar-refractivity contribution in [3.05, 3.63) is 28.0 Å². The van der Waals surface area contributed by atoms with Crippen molar-refractivity contribution in [2.24, 2.45) is 0 Å². The zero-order valence-electron chi connectivity index (χ0n) is 7.72. The zero-order chi connectivity index (χ0) is 11.6. The monoisotopic (exact) mass is 271 g/mol. The van der Waals surface area contributed by atoms with Gasteiger partial charge < -0.3 is 0 Å². The van der Waals surface area contributed by atoms with E-state index in [1.54, 1.807) is 6.92 Å². The minimum Gasteiger partial charge on any atom is -0.211 e. The second-order valence-corrected chi connectivity index (χ2v) is 5.28. The maximum absolute atomic E-state index is 13.0. The Kier molecular flexibility index (Phi) is 3.94. The molecule has 3 nitrogen and oxygen atoms in total. The van der Waals surface area contributed by atoms with E-state index in [0.717, 1.165) is 12.1 Å². The second-order valence-electron chi connectivity index (χ2n) is 2.70. The minimum atomic E-state index is -3.66. The summed E-state index contributed by atoms with van der Waals surface area (Å²) in [6.45, 7) is 1.86. The van der Waals surface area contributed by atoms with Crippen molar-refractivity contribution in [2.45, 2.75) is 11.8 Å². The van der Waals surface area contributed by atoms with Crippen LogP contribution in [-0.4, -0.2) is 15.0 Å². The molecule has 0 unspecified atom stereocenters. The molecule has 7 heteroatoms. The summed E-state index contributed by atoms with van der Waals surface area (Å²) in [4.78, 5) is -0.152. The molecule has 0 heterocycles. The quantitative estimate of drug-likeness (QED) is 0.859. The van der Waals surface area contributed by atoms with E-state index in [1.807, 2.05) is 0 Å². The fraction of sp³-hybridized carbons (Fsp3) is 0.250. The van der Waals surface area contributed by atoms with E-state index >= 15 is 0 Å². The standard InChI is InChI=1S/C8H8Cl2FNO2S/c1-2-12-15(13,14)5-3-6(9)8(11)7(10)4-5/h3-4,12H,2H2,1H3. The third-order valence-corrected chi connectivity index (χ3v) is 3.68. The summed E-state index contributed by atoms with van der Waals surface area (Å²) in [7, 11) is -3.66. The van der Waals surface area contributed by atoms with Crippen LogP contribution < -0.4 is 4.72 Å². The van der Waals surface area contributed by atoms with Crippen molar-refractivity contribution >= 4 is 33.2 Å². The molecule has 0 aromatic heterocycles. The van der Waals surface area contributed by atoms with E-state index in [0.29, 0.717) is 0 Å². The maximum atomic E-state index is 13.0. The molecule has 84 valence electrons. The number of benzene rings is 1. The second kappa shape index (κ2) is 4.65. The van der Waals surface area contributed by atoms with Gasteiger partial charge in [0.1, 0.15) is 0 Å². The molecule has 0 spiro atoms. The average molecular weight is 272 g/mol. The van der Waals surface area contributed by atoms with Crippen molar-refractivity contribution in [1.29, 1.82) is 0 Å². The Morgan fingerprint density at radius 1 is 1.33 bits per heavy atom. The number of hydrogen-bond acceptors (Lipinski definition) is 2. The average Bonchev–Trinajstić information content (AvgIpc) is 2.13. The Morgan fingerprint density at radius 2 is 1.80 bits per heavy atom. The summed E-state index contributed by atoms with van der Waals surface area (Å²) >= 11 is 10.9. The van der Waals surface area contributed by atoms with Gasteiger partial charge in [0.25, 0.3) is 0 Å². The molecule has 1 N–H and O–H groups in total. The van der Waals surface area contributed by atoms with Crippen LogP contribution in [0.4, 0.5) is 4.39 Å². The van der Waals surface area contributed by atoms with Gasteiger partial charge >= 0.3 is 0 Å². The number of nitrogens with one attached hydrogen (secondary N) is 1. The number of halogens is 3. The van der Waals surface area contributed by atoms with Gasteiger partial charge in [-0.2, -0.15) is 0 Å². The van der Waals surface area contributed by atoms with E-state index in [4.69, 9.17) is 23.2 Å². The van der Waals surface area contributed by atoms with Gasteiger partial charge in [-0.25, -0.2) is 17.5 Å². The van der Waals surface area contributed by atoms with Gasteiger partial charge in [-0.1, -0.05) is 30.1 Å². The van der Waals surface area contributed by atoms with Gasteiger partial charge in [0.2, 0.25) is 10.0 Å². The molecule has 15 heavy (non-hydrogen) atoms. The Labute approximate surface area is 97.2 Å². The summed E-state index contributed by atoms with van der Waals surface area (Å²) in [6.07, 6.45) is 0. The number of hydrogen-bond donors (Lipinski definition) is 1. The summed E-state index contributed by atoms with van der Waals surface area (Å²) in [5.41, 5.74) is 0. The van der Waals surface area contributed by atoms with E-state index in [1.165, 1.54) is 0 Å². The zero-order valence-corrected chi connectivity index (χ0v) is 10.0.